The van der Waals surface area contributed by atoms with Gasteiger partial charge < -0.3 is 4.57 Å². The van der Waals surface area contributed by atoms with Gasteiger partial charge in [0.15, 0.2) is 0 Å². The van der Waals surface area contributed by atoms with E-state index in [1.165, 1.54) is 53.0 Å². The highest BCUT2D eigenvalue weighted by molar-refractivity contribution is 7.25. The van der Waals surface area contributed by atoms with Crippen LogP contribution in [0.25, 0.3) is 69.7 Å². The topological polar surface area (TPSA) is 17.8 Å². The SMILES string of the molecule is c1cc(-c2ccc3ccccc3c2)cc(-n2c3cc4sc5ccccc5c4cc3c3ncccc32)c1. The maximum absolute atomic E-state index is 4.82. The first-order chi connectivity index (χ1) is 17.8. The second-order valence-electron chi connectivity index (χ2n) is 9.28. The van der Waals surface area contributed by atoms with E-state index in [2.05, 4.69) is 114 Å². The van der Waals surface area contributed by atoms with Crippen LogP contribution in [0, 0.1) is 0 Å². The average Bonchev–Trinajstić information content (AvgIpc) is 3.46. The lowest BCUT2D eigenvalue weighted by molar-refractivity contribution is 1.18. The third kappa shape index (κ3) is 2.87. The lowest BCUT2D eigenvalue weighted by atomic mass is 10.0. The Labute approximate surface area is 211 Å². The third-order valence-corrected chi connectivity index (χ3v) is 8.34. The fourth-order valence-electron chi connectivity index (χ4n) is 5.52. The Morgan fingerprint density at radius 1 is 0.528 bits per heavy atom. The molecule has 3 aromatic heterocycles. The maximum atomic E-state index is 4.82. The average molecular weight is 477 g/mol. The quantitative estimate of drug-likeness (QED) is 0.243. The molecule has 0 aliphatic carbocycles. The second-order valence-corrected chi connectivity index (χ2v) is 10.4. The van der Waals surface area contributed by atoms with Gasteiger partial charge in [0.05, 0.1) is 16.6 Å². The van der Waals surface area contributed by atoms with E-state index in [1.807, 2.05) is 23.6 Å². The van der Waals surface area contributed by atoms with Gasteiger partial charge in [0, 0.05) is 37.4 Å². The van der Waals surface area contributed by atoms with E-state index in [0.29, 0.717) is 0 Å². The lowest BCUT2D eigenvalue weighted by Crippen LogP contribution is -1.94. The normalized spacial score (nSPS) is 11.9. The highest BCUT2D eigenvalue weighted by Crippen LogP contribution is 2.40. The van der Waals surface area contributed by atoms with E-state index in [1.54, 1.807) is 0 Å². The van der Waals surface area contributed by atoms with Crippen LogP contribution in [0.5, 0.6) is 0 Å². The van der Waals surface area contributed by atoms with Crippen molar-refractivity contribution in [1.29, 1.82) is 0 Å². The van der Waals surface area contributed by atoms with Gasteiger partial charge in [-0.3, -0.25) is 4.98 Å². The molecule has 0 fully saturated rings. The molecular weight excluding hydrogens is 456 g/mol. The summed E-state index contributed by atoms with van der Waals surface area (Å²) in [5, 5.41) is 6.33. The molecule has 0 N–H and O–H groups in total. The molecule has 0 unspecified atom stereocenters. The van der Waals surface area contributed by atoms with Crippen molar-refractivity contribution in [2.75, 3.05) is 0 Å². The third-order valence-electron chi connectivity index (χ3n) is 7.21. The Balaban J connectivity index is 1.40. The minimum atomic E-state index is 1.04. The van der Waals surface area contributed by atoms with E-state index in [-0.39, 0.29) is 0 Å². The summed E-state index contributed by atoms with van der Waals surface area (Å²) < 4.78 is 4.99. The molecule has 2 nitrogen and oxygen atoms in total. The molecule has 0 saturated heterocycles. The molecule has 8 aromatic rings. The number of thiophene rings is 1. The van der Waals surface area contributed by atoms with Crippen molar-refractivity contribution in [3.05, 3.63) is 121 Å². The van der Waals surface area contributed by atoms with Crippen LogP contribution in [0.15, 0.2) is 121 Å². The summed E-state index contributed by atoms with van der Waals surface area (Å²) in [5.41, 5.74) is 6.94. The van der Waals surface area contributed by atoms with Gasteiger partial charge in [-0.1, -0.05) is 66.7 Å². The van der Waals surface area contributed by atoms with Gasteiger partial charge >= 0.3 is 0 Å². The number of hydrogen-bond donors (Lipinski definition) is 0. The van der Waals surface area contributed by atoms with Gasteiger partial charge in [0.1, 0.15) is 0 Å². The first kappa shape index (κ1) is 19.8. The van der Waals surface area contributed by atoms with Crippen molar-refractivity contribution in [3.63, 3.8) is 0 Å². The van der Waals surface area contributed by atoms with Crippen molar-refractivity contribution in [2.24, 2.45) is 0 Å². The van der Waals surface area contributed by atoms with E-state index >= 15 is 0 Å². The van der Waals surface area contributed by atoms with Gasteiger partial charge in [0.25, 0.3) is 0 Å². The summed E-state index contributed by atoms with van der Waals surface area (Å²) in [7, 11) is 0. The summed E-state index contributed by atoms with van der Waals surface area (Å²) in [6.07, 6.45) is 1.90. The summed E-state index contributed by atoms with van der Waals surface area (Å²) in [4.78, 5) is 4.82. The summed E-state index contributed by atoms with van der Waals surface area (Å²) >= 11 is 1.86. The number of aromatic nitrogens is 2. The van der Waals surface area contributed by atoms with Crippen molar-refractivity contribution in [3.8, 4) is 16.8 Å². The summed E-state index contributed by atoms with van der Waals surface area (Å²) in [6.45, 7) is 0. The first-order valence-electron chi connectivity index (χ1n) is 12.1. The molecule has 0 spiro atoms. The first-order valence-corrected chi connectivity index (χ1v) is 13.0. The Bertz CT molecular complexity index is 2110. The van der Waals surface area contributed by atoms with Gasteiger partial charge in [-0.05, 0) is 70.4 Å². The minimum absolute atomic E-state index is 1.04. The van der Waals surface area contributed by atoms with Crippen LogP contribution in [0.2, 0.25) is 0 Å². The monoisotopic (exact) mass is 476 g/mol. The molecular formula is C33H20N2S. The molecule has 0 amide bonds. The van der Waals surface area contributed by atoms with Crippen molar-refractivity contribution >= 4 is 64.2 Å². The molecule has 0 bridgehead atoms. The van der Waals surface area contributed by atoms with Crippen LogP contribution in [0.3, 0.4) is 0 Å². The Morgan fingerprint density at radius 2 is 1.39 bits per heavy atom. The van der Waals surface area contributed by atoms with E-state index < -0.39 is 0 Å². The van der Waals surface area contributed by atoms with Crippen molar-refractivity contribution in [2.45, 2.75) is 0 Å². The maximum Gasteiger partial charge on any atom is 0.0963 e. The highest BCUT2D eigenvalue weighted by Gasteiger charge is 2.16. The molecule has 0 atom stereocenters. The minimum Gasteiger partial charge on any atom is -0.308 e. The number of pyridine rings is 1. The molecule has 3 heterocycles. The van der Waals surface area contributed by atoms with E-state index in [9.17, 15) is 0 Å². The Morgan fingerprint density at radius 3 is 2.36 bits per heavy atom. The molecule has 168 valence electrons. The zero-order valence-corrected chi connectivity index (χ0v) is 20.2. The molecule has 0 aliphatic heterocycles. The molecule has 0 radical (unpaired) electrons. The van der Waals surface area contributed by atoms with E-state index in [4.69, 9.17) is 4.98 Å². The number of rotatable bonds is 2. The van der Waals surface area contributed by atoms with Gasteiger partial charge in [-0.2, -0.15) is 0 Å². The van der Waals surface area contributed by atoms with Gasteiger partial charge in [-0.25, -0.2) is 0 Å². The predicted octanol–water partition coefficient (Wildman–Crippen LogP) is 9.37. The van der Waals surface area contributed by atoms with Crippen LogP contribution in [0.1, 0.15) is 0 Å². The molecule has 0 saturated carbocycles. The number of fused-ring (bicyclic) bond motifs is 7. The predicted molar refractivity (Wildman–Crippen MR) is 154 cm³/mol. The van der Waals surface area contributed by atoms with Crippen LogP contribution < -0.4 is 0 Å². The lowest BCUT2D eigenvalue weighted by Gasteiger charge is -2.11. The van der Waals surface area contributed by atoms with Crippen LogP contribution >= 0.6 is 11.3 Å². The molecule has 3 heteroatoms. The van der Waals surface area contributed by atoms with Crippen LogP contribution in [0.4, 0.5) is 0 Å². The van der Waals surface area contributed by atoms with Crippen LogP contribution in [-0.4, -0.2) is 9.55 Å². The zero-order chi connectivity index (χ0) is 23.6. The fraction of sp³-hybridized carbons (Fsp3) is 0. The Kier molecular flexibility index (Phi) is 4.13. The van der Waals surface area contributed by atoms with Gasteiger partial charge in [0.2, 0.25) is 0 Å². The van der Waals surface area contributed by atoms with E-state index in [0.717, 1.165) is 16.7 Å². The smallest absolute Gasteiger partial charge is 0.0963 e. The number of benzene rings is 5. The highest BCUT2D eigenvalue weighted by atomic mass is 32.1. The largest absolute Gasteiger partial charge is 0.308 e. The standard InChI is InChI=1S/C33H20N2S/c1-2-8-22-17-24(15-14-21(22)7-1)23-9-5-10-25(18-23)35-29-12-6-16-34-33(29)28-19-27-26-11-3-4-13-31(26)36-32(27)20-30(28)35/h1-20H. The second kappa shape index (κ2) is 7.51. The Hall–Kier alpha value is -4.47. The zero-order valence-electron chi connectivity index (χ0n) is 19.3. The number of hydrogen-bond acceptors (Lipinski definition) is 2. The van der Waals surface area contributed by atoms with Crippen LogP contribution in [-0.2, 0) is 0 Å². The van der Waals surface area contributed by atoms with Crippen molar-refractivity contribution in [1.82, 2.24) is 9.55 Å². The summed E-state index contributed by atoms with van der Waals surface area (Å²) in [6, 6.07) is 41.7. The summed E-state index contributed by atoms with van der Waals surface area (Å²) in [5.74, 6) is 0. The molecule has 5 aromatic carbocycles. The molecule has 36 heavy (non-hydrogen) atoms. The van der Waals surface area contributed by atoms with Crippen molar-refractivity contribution < 1.29 is 0 Å². The van der Waals surface area contributed by atoms with Gasteiger partial charge in [-0.15, -0.1) is 11.3 Å². The molecule has 0 aliphatic rings. The fourth-order valence-corrected chi connectivity index (χ4v) is 6.64. The molecule has 8 rings (SSSR count). The number of nitrogens with zero attached hydrogens (tertiary/aromatic N) is 2.